The second-order valence-corrected chi connectivity index (χ2v) is 9.08. The number of piperazine rings is 1. The first-order valence-corrected chi connectivity index (χ1v) is 11.2. The maximum absolute atomic E-state index is 12.5. The summed E-state index contributed by atoms with van der Waals surface area (Å²) >= 11 is 6.14. The van der Waals surface area contributed by atoms with Crippen molar-refractivity contribution < 1.29 is 17.9 Å². The van der Waals surface area contributed by atoms with Crippen LogP contribution in [-0.2, 0) is 19.6 Å². The highest BCUT2D eigenvalue weighted by molar-refractivity contribution is 7.88. The molecule has 0 bridgehead atoms. The predicted molar refractivity (Wildman–Crippen MR) is 106 cm³/mol. The number of hydrogen-bond acceptors (Lipinski definition) is 6. The van der Waals surface area contributed by atoms with Crippen molar-refractivity contribution in [2.75, 3.05) is 75.5 Å². The molecule has 0 spiro atoms. The van der Waals surface area contributed by atoms with Crippen molar-refractivity contribution in [3.8, 4) is 0 Å². The van der Waals surface area contributed by atoms with Crippen molar-refractivity contribution in [2.45, 2.75) is 0 Å². The standard InChI is InChI=1S/C17H25ClN4O4S/c1-27(24,25)22-6-4-21(5-7-22)17(23)13-19-15-12-14(18)2-3-16(15)20-8-10-26-11-9-20/h2-3,12,19H,4-11,13H2,1H3. The van der Waals surface area contributed by atoms with Crippen LogP contribution >= 0.6 is 11.6 Å². The third kappa shape index (κ3) is 5.25. The van der Waals surface area contributed by atoms with Gasteiger partial charge in [-0.1, -0.05) is 11.6 Å². The zero-order valence-corrected chi connectivity index (χ0v) is 16.9. The van der Waals surface area contributed by atoms with Gasteiger partial charge in [-0.15, -0.1) is 0 Å². The van der Waals surface area contributed by atoms with E-state index in [1.54, 1.807) is 4.90 Å². The van der Waals surface area contributed by atoms with Gasteiger partial charge in [0.2, 0.25) is 15.9 Å². The molecule has 150 valence electrons. The van der Waals surface area contributed by atoms with Crippen LogP contribution in [0.3, 0.4) is 0 Å². The number of nitrogens with one attached hydrogen (secondary N) is 1. The van der Waals surface area contributed by atoms with Gasteiger partial charge in [0.25, 0.3) is 0 Å². The first kappa shape index (κ1) is 20.2. The van der Waals surface area contributed by atoms with Crippen LogP contribution in [0.1, 0.15) is 0 Å². The summed E-state index contributed by atoms with van der Waals surface area (Å²) in [5, 5.41) is 3.80. The smallest absolute Gasteiger partial charge is 0.241 e. The molecule has 27 heavy (non-hydrogen) atoms. The average Bonchev–Trinajstić information content (AvgIpc) is 2.66. The van der Waals surface area contributed by atoms with Gasteiger partial charge in [-0.05, 0) is 18.2 Å². The van der Waals surface area contributed by atoms with Crippen molar-refractivity contribution in [3.63, 3.8) is 0 Å². The van der Waals surface area contributed by atoms with Crippen LogP contribution in [-0.4, -0.2) is 88.8 Å². The van der Waals surface area contributed by atoms with Gasteiger partial charge in [0.15, 0.2) is 0 Å². The number of anilines is 2. The molecule has 10 heteroatoms. The SMILES string of the molecule is CS(=O)(=O)N1CCN(C(=O)CNc2cc(Cl)ccc2N2CCOCC2)CC1. The molecule has 1 aromatic carbocycles. The molecule has 2 heterocycles. The van der Waals surface area contributed by atoms with E-state index in [4.69, 9.17) is 16.3 Å². The van der Waals surface area contributed by atoms with Gasteiger partial charge >= 0.3 is 0 Å². The molecule has 2 aliphatic rings. The molecule has 0 atom stereocenters. The Balaban J connectivity index is 1.60. The summed E-state index contributed by atoms with van der Waals surface area (Å²) in [4.78, 5) is 16.4. The molecule has 8 nitrogen and oxygen atoms in total. The predicted octanol–water partition coefficient (Wildman–Crippen LogP) is 0.692. The van der Waals surface area contributed by atoms with Crippen LogP contribution in [0, 0.1) is 0 Å². The Morgan fingerprint density at radius 2 is 1.81 bits per heavy atom. The van der Waals surface area contributed by atoms with E-state index in [1.165, 1.54) is 10.6 Å². The second-order valence-electron chi connectivity index (χ2n) is 6.66. The van der Waals surface area contributed by atoms with Gasteiger partial charge < -0.3 is 19.9 Å². The lowest BCUT2D eigenvalue weighted by Gasteiger charge is -2.34. The summed E-state index contributed by atoms with van der Waals surface area (Å²) in [5.74, 6) is -0.0592. The summed E-state index contributed by atoms with van der Waals surface area (Å²) in [7, 11) is -3.20. The van der Waals surface area contributed by atoms with E-state index in [0.717, 1.165) is 24.5 Å². The summed E-state index contributed by atoms with van der Waals surface area (Å²) in [5.41, 5.74) is 1.81. The molecule has 0 aliphatic carbocycles. The Bertz CT molecular complexity index is 775. The Hall–Kier alpha value is -1.55. The Morgan fingerprint density at radius 1 is 1.15 bits per heavy atom. The van der Waals surface area contributed by atoms with E-state index in [-0.39, 0.29) is 12.5 Å². The molecular weight excluding hydrogens is 392 g/mol. The number of nitrogens with zero attached hydrogens (tertiary/aromatic N) is 3. The van der Waals surface area contributed by atoms with E-state index in [9.17, 15) is 13.2 Å². The minimum Gasteiger partial charge on any atom is -0.378 e. The largest absolute Gasteiger partial charge is 0.378 e. The van der Waals surface area contributed by atoms with E-state index in [1.807, 2.05) is 18.2 Å². The summed E-state index contributed by atoms with van der Waals surface area (Å²) in [6, 6.07) is 5.61. The molecule has 1 amide bonds. The third-order valence-corrected chi connectivity index (χ3v) is 6.34. The molecule has 1 aromatic rings. The van der Waals surface area contributed by atoms with Crippen molar-refractivity contribution >= 4 is 38.9 Å². The molecule has 2 saturated heterocycles. The van der Waals surface area contributed by atoms with E-state index in [0.29, 0.717) is 44.4 Å². The number of sulfonamides is 1. The highest BCUT2D eigenvalue weighted by Crippen LogP contribution is 2.29. The molecule has 2 fully saturated rings. The van der Waals surface area contributed by atoms with Gasteiger partial charge in [0.1, 0.15) is 0 Å². The molecule has 3 rings (SSSR count). The minimum absolute atomic E-state index is 0.0592. The topological polar surface area (TPSA) is 82.2 Å². The zero-order valence-electron chi connectivity index (χ0n) is 15.4. The number of rotatable bonds is 5. The molecule has 0 saturated carbocycles. The summed E-state index contributed by atoms with van der Waals surface area (Å²) < 4.78 is 30.0. The Morgan fingerprint density at radius 3 is 2.44 bits per heavy atom. The van der Waals surface area contributed by atoms with Crippen LogP contribution < -0.4 is 10.2 Å². The van der Waals surface area contributed by atoms with Crippen molar-refractivity contribution in [3.05, 3.63) is 23.2 Å². The van der Waals surface area contributed by atoms with Crippen molar-refractivity contribution in [1.82, 2.24) is 9.21 Å². The molecular formula is C17H25ClN4O4S. The highest BCUT2D eigenvalue weighted by Gasteiger charge is 2.26. The number of morpholine rings is 1. The quantitative estimate of drug-likeness (QED) is 0.760. The highest BCUT2D eigenvalue weighted by atomic mass is 35.5. The monoisotopic (exact) mass is 416 g/mol. The number of halogens is 1. The van der Waals surface area contributed by atoms with Crippen LogP contribution in [0.25, 0.3) is 0 Å². The maximum atomic E-state index is 12.5. The summed E-state index contributed by atoms with van der Waals surface area (Å²) in [6.45, 7) is 4.53. The lowest BCUT2D eigenvalue weighted by atomic mass is 10.2. The van der Waals surface area contributed by atoms with E-state index < -0.39 is 10.0 Å². The van der Waals surface area contributed by atoms with Crippen molar-refractivity contribution in [2.24, 2.45) is 0 Å². The molecule has 0 radical (unpaired) electrons. The van der Waals surface area contributed by atoms with Crippen molar-refractivity contribution in [1.29, 1.82) is 0 Å². The fraction of sp³-hybridized carbons (Fsp3) is 0.588. The number of benzene rings is 1. The minimum atomic E-state index is -3.20. The van der Waals surface area contributed by atoms with Crippen LogP contribution in [0.2, 0.25) is 5.02 Å². The number of ether oxygens (including phenoxy) is 1. The number of hydrogen-bond donors (Lipinski definition) is 1. The second kappa shape index (κ2) is 8.64. The lowest BCUT2D eigenvalue weighted by molar-refractivity contribution is -0.130. The normalized spacial score (nSPS) is 19.2. The van der Waals surface area contributed by atoms with Gasteiger partial charge in [-0.2, -0.15) is 4.31 Å². The fourth-order valence-electron chi connectivity index (χ4n) is 3.28. The third-order valence-electron chi connectivity index (χ3n) is 4.80. The van der Waals surface area contributed by atoms with Crippen LogP contribution in [0.15, 0.2) is 18.2 Å². The first-order valence-electron chi connectivity index (χ1n) is 8.93. The maximum Gasteiger partial charge on any atom is 0.241 e. The molecule has 0 unspecified atom stereocenters. The number of amides is 1. The van der Waals surface area contributed by atoms with Gasteiger partial charge in [-0.3, -0.25) is 4.79 Å². The molecule has 0 aromatic heterocycles. The van der Waals surface area contributed by atoms with Crippen LogP contribution in [0.4, 0.5) is 11.4 Å². The summed E-state index contributed by atoms with van der Waals surface area (Å²) in [6.07, 6.45) is 1.19. The van der Waals surface area contributed by atoms with Crippen LogP contribution in [0.5, 0.6) is 0 Å². The lowest BCUT2D eigenvalue weighted by Crippen LogP contribution is -2.51. The molecule has 2 aliphatic heterocycles. The number of carbonyl (C=O) groups excluding carboxylic acids is 1. The average molecular weight is 417 g/mol. The number of carbonyl (C=O) groups is 1. The Labute approximate surface area is 165 Å². The first-order chi connectivity index (χ1) is 12.8. The zero-order chi connectivity index (χ0) is 19.4. The molecule has 1 N–H and O–H groups in total. The fourth-order valence-corrected chi connectivity index (χ4v) is 4.28. The van der Waals surface area contributed by atoms with Gasteiger partial charge in [0, 0.05) is 44.3 Å². The van der Waals surface area contributed by atoms with E-state index >= 15 is 0 Å². The van der Waals surface area contributed by atoms with Gasteiger partial charge in [-0.25, -0.2) is 8.42 Å². The van der Waals surface area contributed by atoms with E-state index in [2.05, 4.69) is 10.2 Å². The Kier molecular flexibility index (Phi) is 6.46. The van der Waals surface area contributed by atoms with Gasteiger partial charge in [0.05, 0.1) is 37.4 Å².